The molecule has 0 bridgehead atoms. The second-order valence-electron chi connectivity index (χ2n) is 6.28. The molecule has 0 aromatic heterocycles. The van der Waals surface area contributed by atoms with Gasteiger partial charge in [0.05, 0.1) is 6.61 Å². The highest BCUT2D eigenvalue weighted by Crippen LogP contribution is 2.30. The Hall–Kier alpha value is -2.59. The number of nitrogens with zero attached hydrogens (tertiary/aromatic N) is 1. The van der Waals surface area contributed by atoms with Gasteiger partial charge in [0.25, 0.3) is 0 Å². The molecule has 0 saturated heterocycles. The van der Waals surface area contributed by atoms with Crippen LogP contribution in [0.3, 0.4) is 0 Å². The van der Waals surface area contributed by atoms with E-state index in [1.807, 2.05) is 24.3 Å². The van der Waals surface area contributed by atoms with E-state index in [0.717, 1.165) is 25.3 Å². The van der Waals surface area contributed by atoms with Gasteiger partial charge in [-0.05, 0) is 36.6 Å². The molecule has 1 aliphatic heterocycles. The van der Waals surface area contributed by atoms with Crippen molar-refractivity contribution in [3.05, 3.63) is 66.2 Å². The van der Waals surface area contributed by atoms with Crippen LogP contribution in [0.2, 0.25) is 0 Å². The van der Waals surface area contributed by atoms with Gasteiger partial charge in [0.2, 0.25) is 0 Å². The summed E-state index contributed by atoms with van der Waals surface area (Å²) in [5.74, 6) is 0.623. The molecule has 0 radical (unpaired) electrons. The summed E-state index contributed by atoms with van der Waals surface area (Å²) in [4.78, 5) is 13.6. The summed E-state index contributed by atoms with van der Waals surface area (Å²) >= 11 is 0. The van der Waals surface area contributed by atoms with Gasteiger partial charge >= 0.3 is 5.97 Å². The Morgan fingerprint density at radius 2 is 2.00 bits per heavy atom. The first-order valence-corrected chi connectivity index (χ1v) is 8.49. The molecule has 2 aromatic carbocycles. The number of carbonyl (C=O) groups is 1. The Morgan fingerprint density at radius 1 is 1.20 bits per heavy atom. The smallest absolute Gasteiger partial charge is 0.333 e. The van der Waals surface area contributed by atoms with Crippen molar-refractivity contribution in [2.75, 3.05) is 19.9 Å². The van der Waals surface area contributed by atoms with E-state index in [0.29, 0.717) is 18.9 Å². The van der Waals surface area contributed by atoms with Gasteiger partial charge in [0, 0.05) is 24.2 Å². The first kappa shape index (κ1) is 17.2. The third kappa shape index (κ3) is 4.48. The number of ether oxygens (including phenoxy) is 2. The maximum atomic E-state index is 11.4. The molecule has 0 spiro atoms. The number of esters is 1. The Kier molecular flexibility index (Phi) is 5.51. The highest BCUT2D eigenvalue weighted by Gasteiger charge is 2.17. The quantitative estimate of drug-likeness (QED) is 0.453. The standard InChI is InChI=1S/C21H23NO3/c1-16(2)21(23)24-12-6-11-22-14-19-13-18(9-10-20(19)25-15-22)17-7-4-3-5-8-17/h3-5,7-10,13H,1,6,11-12,14-15H2,2H3. The molecule has 0 fully saturated rings. The molecule has 0 atom stereocenters. The van der Waals surface area contributed by atoms with Gasteiger partial charge in [-0.2, -0.15) is 0 Å². The topological polar surface area (TPSA) is 38.8 Å². The summed E-state index contributed by atoms with van der Waals surface area (Å²) in [5, 5.41) is 0. The Bertz CT molecular complexity index is 755. The van der Waals surface area contributed by atoms with Crippen LogP contribution < -0.4 is 4.74 Å². The molecule has 0 saturated carbocycles. The van der Waals surface area contributed by atoms with Gasteiger partial charge < -0.3 is 9.47 Å². The zero-order valence-corrected chi connectivity index (χ0v) is 14.5. The molecule has 1 aliphatic rings. The van der Waals surface area contributed by atoms with Crippen LogP contribution in [0.25, 0.3) is 11.1 Å². The fourth-order valence-corrected chi connectivity index (χ4v) is 2.82. The molecule has 130 valence electrons. The van der Waals surface area contributed by atoms with Crippen LogP contribution in [-0.2, 0) is 16.1 Å². The van der Waals surface area contributed by atoms with Crippen LogP contribution in [0.4, 0.5) is 0 Å². The van der Waals surface area contributed by atoms with Crippen molar-refractivity contribution in [2.45, 2.75) is 19.9 Å². The van der Waals surface area contributed by atoms with Crippen molar-refractivity contribution < 1.29 is 14.3 Å². The summed E-state index contributed by atoms with van der Waals surface area (Å²) in [6.45, 7) is 7.85. The molecule has 3 rings (SSSR count). The Balaban J connectivity index is 1.57. The summed E-state index contributed by atoms with van der Waals surface area (Å²) in [6.07, 6.45) is 0.774. The van der Waals surface area contributed by atoms with Gasteiger partial charge in [0.1, 0.15) is 12.5 Å². The Morgan fingerprint density at radius 3 is 2.76 bits per heavy atom. The molecule has 1 heterocycles. The minimum absolute atomic E-state index is 0.326. The van der Waals surface area contributed by atoms with E-state index in [1.165, 1.54) is 16.7 Å². The van der Waals surface area contributed by atoms with Crippen LogP contribution in [0.5, 0.6) is 5.75 Å². The Labute approximate surface area is 148 Å². The normalized spacial score (nSPS) is 13.6. The van der Waals surface area contributed by atoms with Crippen LogP contribution in [0, 0.1) is 0 Å². The van der Waals surface area contributed by atoms with E-state index in [2.05, 4.69) is 35.7 Å². The zero-order chi connectivity index (χ0) is 17.6. The number of fused-ring (bicyclic) bond motifs is 1. The molecule has 0 aliphatic carbocycles. The van der Waals surface area contributed by atoms with Crippen molar-refractivity contribution in [1.29, 1.82) is 0 Å². The van der Waals surface area contributed by atoms with Crippen LogP contribution >= 0.6 is 0 Å². The summed E-state index contributed by atoms with van der Waals surface area (Å²) in [7, 11) is 0. The molecule has 4 nitrogen and oxygen atoms in total. The predicted molar refractivity (Wildman–Crippen MR) is 98.2 cm³/mol. The third-order valence-electron chi connectivity index (χ3n) is 4.16. The van der Waals surface area contributed by atoms with E-state index in [1.54, 1.807) is 6.92 Å². The van der Waals surface area contributed by atoms with Gasteiger partial charge in [-0.15, -0.1) is 0 Å². The van der Waals surface area contributed by atoms with Crippen molar-refractivity contribution in [2.24, 2.45) is 0 Å². The maximum Gasteiger partial charge on any atom is 0.333 e. The monoisotopic (exact) mass is 337 g/mol. The molecule has 2 aromatic rings. The van der Waals surface area contributed by atoms with Crippen LogP contribution in [0.1, 0.15) is 18.9 Å². The largest absolute Gasteiger partial charge is 0.478 e. The van der Waals surface area contributed by atoms with E-state index < -0.39 is 0 Å². The highest BCUT2D eigenvalue weighted by atomic mass is 16.5. The molecule has 0 unspecified atom stereocenters. The SMILES string of the molecule is C=C(C)C(=O)OCCCN1COc2ccc(-c3ccccc3)cc2C1. The lowest BCUT2D eigenvalue weighted by Gasteiger charge is -2.29. The summed E-state index contributed by atoms with van der Waals surface area (Å²) in [5.41, 5.74) is 4.02. The lowest BCUT2D eigenvalue weighted by molar-refractivity contribution is -0.139. The summed E-state index contributed by atoms with van der Waals surface area (Å²) in [6, 6.07) is 16.7. The average Bonchev–Trinajstić information content (AvgIpc) is 2.65. The molecular formula is C21H23NO3. The second-order valence-corrected chi connectivity index (χ2v) is 6.28. The third-order valence-corrected chi connectivity index (χ3v) is 4.16. The highest BCUT2D eigenvalue weighted by molar-refractivity contribution is 5.86. The number of carbonyl (C=O) groups excluding carboxylic acids is 1. The fourth-order valence-electron chi connectivity index (χ4n) is 2.82. The number of hydrogen-bond acceptors (Lipinski definition) is 4. The van der Waals surface area contributed by atoms with E-state index in [-0.39, 0.29) is 5.97 Å². The number of benzene rings is 2. The number of hydrogen-bond donors (Lipinski definition) is 0. The van der Waals surface area contributed by atoms with E-state index in [4.69, 9.17) is 9.47 Å². The maximum absolute atomic E-state index is 11.4. The molecule has 4 heteroatoms. The molecular weight excluding hydrogens is 314 g/mol. The van der Waals surface area contributed by atoms with Crippen molar-refractivity contribution in [1.82, 2.24) is 4.90 Å². The van der Waals surface area contributed by atoms with Crippen molar-refractivity contribution in [3.63, 3.8) is 0 Å². The summed E-state index contributed by atoms with van der Waals surface area (Å²) < 4.78 is 11.0. The lowest BCUT2D eigenvalue weighted by atomic mass is 10.0. The van der Waals surface area contributed by atoms with Gasteiger partial charge in [-0.3, -0.25) is 4.90 Å². The fraction of sp³-hybridized carbons (Fsp3) is 0.286. The molecule has 0 amide bonds. The molecule has 0 N–H and O–H groups in total. The van der Waals surface area contributed by atoms with Crippen LogP contribution in [0.15, 0.2) is 60.7 Å². The van der Waals surface area contributed by atoms with Gasteiger partial charge in [-0.25, -0.2) is 4.79 Å². The van der Waals surface area contributed by atoms with E-state index >= 15 is 0 Å². The number of rotatable bonds is 6. The first-order chi connectivity index (χ1) is 12.1. The predicted octanol–water partition coefficient (Wildman–Crippen LogP) is 4.01. The van der Waals surface area contributed by atoms with Crippen molar-refractivity contribution in [3.8, 4) is 16.9 Å². The molecule has 25 heavy (non-hydrogen) atoms. The minimum Gasteiger partial charge on any atom is -0.478 e. The first-order valence-electron chi connectivity index (χ1n) is 8.49. The lowest BCUT2D eigenvalue weighted by Crippen LogP contribution is -2.33. The van der Waals surface area contributed by atoms with Gasteiger partial charge in [-0.1, -0.05) is 43.0 Å². The second kappa shape index (κ2) is 7.99. The minimum atomic E-state index is -0.326. The van der Waals surface area contributed by atoms with Crippen LogP contribution in [-0.4, -0.2) is 30.8 Å². The zero-order valence-electron chi connectivity index (χ0n) is 14.5. The van der Waals surface area contributed by atoms with Crippen molar-refractivity contribution >= 4 is 5.97 Å². The average molecular weight is 337 g/mol. The van der Waals surface area contributed by atoms with E-state index in [9.17, 15) is 4.79 Å². The van der Waals surface area contributed by atoms with Gasteiger partial charge in [0.15, 0.2) is 0 Å².